The van der Waals surface area contributed by atoms with E-state index in [1.807, 2.05) is 0 Å². The minimum Gasteiger partial charge on any atom is -0.462 e. The third-order valence-corrected chi connectivity index (χ3v) is 7.25. The number of halogens is 1. The van der Waals surface area contributed by atoms with Crippen LogP contribution in [0.4, 0.5) is 10.1 Å². The van der Waals surface area contributed by atoms with Gasteiger partial charge in [-0.05, 0) is 43.5 Å². The van der Waals surface area contributed by atoms with Crippen LogP contribution in [0.15, 0.2) is 30.3 Å². The van der Waals surface area contributed by atoms with Crippen molar-refractivity contribution in [2.45, 2.75) is 39.0 Å². The van der Waals surface area contributed by atoms with Gasteiger partial charge in [-0.2, -0.15) is 0 Å². The van der Waals surface area contributed by atoms with Crippen molar-refractivity contribution in [1.29, 1.82) is 0 Å². The predicted octanol–water partition coefficient (Wildman–Crippen LogP) is 4.23. The molecule has 1 aliphatic heterocycles. The van der Waals surface area contributed by atoms with E-state index < -0.39 is 11.9 Å². The van der Waals surface area contributed by atoms with Gasteiger partial charge in [0.1, 0.15) is 10.7 Å². The molecule has 1 N–H and O–H groups in total. The number of nitrogens with zero attached hydrogens (tertiary/aromatic N) is 1. The molecule has 0 spiro atoms. The maximum Gasteiger partial charge on any atom is 0.350 e. The first kappa shape index (κ1) is 23.1. The van der Waals surface area contributed by atoms with E-state index in [9.17, 15) is 23.6 Å². The van der Waals surface area contributed by atoms with Gasteiger partial charge < -0.3 is 10.1 Å². The lowest BCUT2D eigenvalue weighted by molar-refractivity contribution is -0.140. The average Bonchev–Trinajstić information content (AvgIpc) is 3.33. The molecule has 3 amide bonds. The lowest BCUT2D eigenvalue weighted by atomic mass is 9.81. The van der Waals surface area contributed by atoms with E-state index in [2.05, 4.69) is 5.32 Å². The first-order chi connectivity index (χ1) is 15.9. The lowest BCUT2D eigenvalue weighted by Crippen LogP contribution is -2.34. The molecule has 2 fully saturated rings. The van der Waals surface area contributed by atoms with Crippen molar-refractivity contribution < 1.29 is 28.3 Å². The Kier molecular flexibility index (Phi) is 6.88. The number of hydrogen-bond acceptors (Lipinski definition) is 6. The summed E-state index contributed by atoms with van der Waals surface area (Å²) in [5.74, 6) is -2.22. The Bertz CT molecular complexity index is 1060. The van der Waals surface area contributed by atoms with Gasteiger partial charge in [0, 0.05) is 17.8 Å². The summed E-state index contributed by atoms with van der Waals surface area (Å²) < 4.78 is 18.4. The molecule has 1 aromatic carbocycles. The summed E-state index contributed by atoms with van der Waals surface area (Å²) in [6, 6.07) is 7.46. The smallest absolute Gasteiger partial charge is 0.350 e. The molecule has 33 heavy (non-hydrogen) atoms. The number of rotatable bonds is 7. The van der Waals surface area contributed by atoms with Gasteiger partial charge in [-0.3, -0.25) is 19.3 Å². The summed E-state index contributed by atoms with van der Waals surface area (Å²) >= 11 is 1.14. The van der Waals surface area contributed by atoms with Crippen LogP contribution in [0.5, 0.6) is 0 Å². The van der Waals surface area contributed by atoms with Crippen molar-refractivity contribution in [3.05, 3.63) is 41.0 Å². The van der Waals surface area contributed by atoms with Gasteiger partial charge in [-0.15, -0.1) is 11.3 Å². The molecule has 1 saturated heterocycles. The fourth-order valence-electron chi connectivity index (χ4n) is 4.47. The molecular formula is C24H25FN2O5S. The SMILES string of the molecule is CCOC(=O)c1sc(-c2ccc(F)cc2)cc1NC(=O)CCN1C(=O)[C@H]2CCCC[C@H]2C1=O. The second-order valence-corrected chi connectivity index (χ2v) is 9.26. The zero-order valence-electron chi connectivity index (χ0n) is 18.3. The molecule has 0 unspecified atom stereocenters. The number of likely N-dealkylation sites (tertiary alicyclic amines) is 1. The van der Waals surface area contributed by atoms with Crippen molar-refractivity contribution in [3.63, 3.8) is 0 Å². The largest absolute Gasteiger partial charge is 0.462 e. The molecule has 1 aliphatic carbocycles. The lowest BCUT2D eigenvalue weighted by Gasteiger charge is -2.19. The summed E-state index contributed by atoms with van der Waals surface area (Å²) in [7, 11) is 0. The number of esters is 1. The number of fused-ring (bicyclic) bond motifs is 1. The van der Waals surface area contributed by atoms with Crippen LogP contribution in [0.1, 0.15) is 48.7 Å². The molecule has 1 saturated carbocycles. The van der Waals surface area contributed by atoms with Crippen LogP contribution >= 0.6 is 11.3 Å². The Morgan fingerprint density at radius 3 is 2.36 bits per heavy atom. The molecule has 2 aromatic rings. The first-order valence-corrected chi connectivity index (χ1v) is 11.9. The Hall–Kier alpha value is -3.07. The molecule has 2 heterocycles. The number of nitrogens with one attached hydrogen (secondary N) is 1. The number of hydrogen-bond donors (Lipinski definition) is 1. The summed E-state index contributed by atoms with van der Waals surface area (Å²) in [5, 5.41) is 2.72. The van der Waals surface area contributed by atoms with Gasteiger partial charge in [-0.1, -0.05) is 25.0 Å². The van der Waals surface area contributed by atoms with Crippen LogP contribution in [0.2, 0.25) is 0 Å². The topological polar surface area (TPSA) is 92.8 Å². The number of benzene rings is 1. The molecule has 4 rings (SSSR count). The Labute approximate surface area is 194 Å². The normalized spacial score (nSPS) is 20.0. The Balaban J connectivity index is 1.46. The number of carbonyl (C=O) groups excluding carboxylic acids is 4. The van der Waals surface area contributed by atoms with Crippen molar-refractivity contribution in [3.8, 4) is 10.4 Å². The predicted molar refractivity (Wildman–Crippen MR) is 121 cm³/mol. The minimum absolute atomic E-state index is 0.0141. The van der Waals surface area contributed by atoms with Crippen molar-refractivity contribution >= 4 is 40.7 Å². The van der Waals surface area contributed by atoms with Crippen LogP contribution in [0, 0.1) is 17.7 Å². The number of anilines is 1. The molecular weight excluding hydrogens is 447 g/mol. The van der Waals surface area contributed by atoms with Gasteiger partial charge in [0.2, 0.25) is 17.7 Å². The highest BCUT2D eigenvalue weighted by molar-refractivity contribution is 7.18. The Morgan fingerprint density at radius 1 is 1.12 bits per heavy atom. The van der Waals surface area contributed by atoms with Crippen LogP contribution in [-0.4, -0.2) is 41.7 Å². The van der Waals surface area contributed by atoms with E-state index >= 15 is 0 Å². The zero-order valence-corrected chi connectivity index (χ0v) is 19.1. The average molecular weight is 473 g/mol. The molecule has 9 heteroatoms. The standard InChI is InChI=1S/C24H25FN2O5S/c1-2-32-24(31)21-18(13-19(33-21)14-7-9-15(25)10-8-14)26-20(28)11-12-27-22(29)16-5-3-4-6-17(16)23(27)30/h7-10,13,16-17H,2-6,11-12H2,1H3,(H,26,28)/t16-,17+. The molecule has 2 aliphatic rings. The number of thiophene rings is 1. The highest BCUT2D eigenvalue weighted by Gasteiger charge is 2.47. The van der Waals surface area contributed by atoms with Crippen LogP contribution in [0.3, 0.4) is 0 Å². The third-order valence-electron chi connectivity index (χ3n) is 6.09. The van der Waals surface area contributed by atoms with E-state index in [4.69, 9.17) is 4.74 Å². The molecule has 7 nitrogen and oxygen atoms in total. The number of amides is 3. The maximum absolute atomic E-state index is 13.3. The second kappa shape index (κ2) is 9.82. The summed E-state index contributed by atoms with van der Waals surface area (Å²) in [6.45, 7) is 1.88. The van der Waals surface area contributed by atoms with E-state index in [1.54, 1.807) is 25.1 Å². The van der Waals surface area contributed by atoms with Gasteiger partial charge >= 0.3 is 5.97 Å². The van der Waals surface area contributed by atoms with Crippen molar-refractivity contribution in [2.75, 3.05) is 18.5 Å². The molecule has 0 radical (unpaired) electrons. The molecule has 2 atom stereocenters. The Morgan fingerprint density at radius 2 is 1.76 bits per heavy atom. The highest BCUT2D eigenvalue weighted by atomic mass is 32.1. The summed E-state index contributed by atoms with van der Waals surface area (Å²) in [6.07, 6.45) is 3.27. The van der Waals surface area contributed by atoms with E-state index in [0.29, 0.717) is 10.4 Å². The molecule has 1 aromatic heterocycles. The fraction of sp³-hybridized carbons (Fsp3) is 0.417. The van der Waals surface area contributed by atoms with Crippen LogP contribution < -0.4 is 5.32 Å². The number of imide groups is 1. The highest BCUT2D eigenvalue weighted by Crippen LogP contribution is 2.38. The van der Waals surface area contributed by atoms with Crippen molar-refractivity contribution in [1.82, 2.24) is 4.90 Å². The first-order valence-electron chi connectivity index (χ1n) is 11.1. The van der Waals surface area contributed by atoms with E-state index in [-0.39, 0.29) is 59.6 Å². The summed E-state index contributed by atoms with van der Waals surface area (Å²) in [5.41, 5.74) is 0.985. The van der Waals surface area contributed by atoms with Crippen LogP contribution in [-0.2, 0) is 19.1 Å². The molecule has 0 bridgehead atoms. The zero-order chi connectivity index (χ0) is 23.5. The van der Waals surface area contributed by atoms with E-state index in [0.717, 1.165) is 37.0 Å². The minimum atomic E-state index is -0.569. The second-order valence-electron chi connectivity index (χ2n) is 8.20. The van der Waals surface area contributed by atoms with Gasteiger partial charge in [0.15, 0.2) is 0 Å². The molecule has 174 valence electrons. The fourth-order valence-corrected chi connectivity index (χ4v) is 5.48. The third kappa shape index (κ3) is 4.83. The number of carbonyl (C=O) groups is 4. The van der Waals surface area contributed by atoms with Gasteiger partial charge in [-0.25, -0.2) is 9.18 Å². The quantitative estimate of drug-likeness (QED) is 0.481. The maximum atomic E-state index is 13.3. The monoisotopic (exact) mass is 472 g/mol. The summed E-state index contributed by atoms with van der Waals surface area (Å²) in [4.78, 5) is 52.4. The van der Waals surface area contributed by atoms with E-state index in [1.165, 1.54) is 17.0 Å². The van der Waals surface area contributed by atoms with Crippen LogP contribution in [0.25, 0.3) is 10.4 Å². The number of ether oxygens (including phenoxy) is 1. The van der Waals surface area contributed by atoms with Gasteiger partial charge in [0.05, 0.1) is 24.1 Å². The van der Waals surface area contributed by atoms with Gasteiger partial charge in [0.25, 0.3) is 0 Å². The van der Waals surface area contributed by atoms with Crippen molar-refractivity contribution in [2.24, 2.45) is 11.8 Å².